The fraction of sp³-hybridized carbons (Fsp3) is 0.364. The molecule has 0 radical (unpaired) electrons. The smallest absolute Gasteiger partial charge is 0.338 e. The standard InChI is InChI=1S/C22H24N2O4S/c1-16-10-17(2)14-24(13-16)29(26,27)21-8-6-20(7-9-21)22(25)28-15-19-5-3-4-18(11-19)12-23/h3-9,11,16-17H,10,13-15H2,1-2H3/t16-,17-/m1/s1. The van der Waals surface area contributed by atoms with Crippen molar-refractivity contribution in [3.05, 3.63) is 65.2 Å². The van der Waals surface area contributed by atoms with Crippen LogP contribution < -0.4 is 0 Å². The molecule has 1 fully saturated rings. The topological polar surface area (TPSA) is 87.5 Å². The molecular formula is C22H24N2O4S. The van der Waals surface area contributed by atoms with Crippen LogP contribution in [0.2, 0.25) is 0 Å². The van der Waals surface area contributed by atoms with Gasteiger partial charge < -0.3 is 4.74 Å². The Bertz CT molecular complexity index is 1020. The Balaban J connectivity index is 1.67. The molecule has 0 saturated carbocycles. The van der Waals surface area contributed by atoms with Crippen molar-refractivity contribution in [1.82, 2.24) is 4.31 Å². The van der Waals surface area contributed by atoms with Gasteiger partial charge in [0.1, 0.15) is 6.61 Å². The molecule has 2 aromatic carbocycles. The van der Waals surface area contributed by atoms with Gasteiger partial charge in [-0.25, -0.2) is 13.2 Å². The summed E-state index contributed by atoms with van der Waals surface area (Å²) in [5, 5.41) is 8.92. The first-order valence-corrected chi connectivity index (χ1v) is 11.0. The third-order valence-electron chi connectivity index (χ3n) is 4.99. The highest BCUT2D eigenvalue weighted by Gasteiger charge is 2.31. The summed E-state index contributed by atoms with van der Waals surface area (Å²) in [5.74, 6) is 0.0983. The van der Waals surface area contributed by atoms with Crippen molar-refractivity contribution < 1.29 is 17.9 Å². The number of esters is 1. The maximum absolute atomic E-state index is 12.9. The predicted molar refractivity (Wildman–Crippen MR) is 108 cm³/mol. The number of hydrogen-bond donors (Lipinski definition) is 0. The molecule has 0 bridgehead atoms. The normalized spacial score (nSPS) is 20.0. The van der Waals surface area contributed by atoms with E-state index in [1.807, 2.05) is 6.07 Å². The predicted octanol–water partition coefficient (Wildman–Crippen LogP) is 3.58. The number of hydrogen-bond acceptors (Lipinski definition) is 5. The van der Waals surface area contributed by atoms with Gasteiger partial charge in [0, 0.05) is 13.1 Å². The first-order valence-electron chi connectivity index (χ1n) is 9.56. The van der Waals surface area contributed by atoms with E-state index in [2.05, 4.69) is 13.8 Å². The number of piperidine rings is 1. The number of nitriles is 1. The molecular weight excluding hydrogens is 388 g/mol. The molecule has 2 atom stereocenters. The number of rotatable bonds is 5. The lowest BCUT2D eigenvalue weighted by molar-refractivity contribution is 0.0472. The van der Waals surface area contributed by atoms with Gasteiger partial charge in [0.2, 0.25) is 10.0 Å². The van der Waals surface area contributed by atoms with Crippen LogP contribution in [0.4, 0.5) is 0 Å². The van der Waals surface area contributed by atoms with Crippen LogP contribution in [0.3, 0.4) is 0 Å². The fourth-order valence-electron chi connectivity index (χ4n) is 3.68. The van der Waals surface area contributed by atoms with Crippen molar-refractivity contribution in [3.63, 3.8) is 0 Å². The van der Waals surface area contributed by atoms with Gasteiger partial charge in [-0.3, -0.25) is 0 Å². The van der Waals surface area contributed by atoms with Gasteiger partial charge >= 0.3 is 5.97 Å². The lowest BCUT2D eigenvalue weighted by atomic mass is 9.94. The van der Waals surface area contributed by atoms with Crippen molar-refractivity contribution in [2.45, 2.75) is 31.8 Å². The second kappa shape index (κ2) is 8.76. The molecule has 1 saturated heterocycles. The molecule has 6 nitrogen and oxygen atoms in total. The Morgan fingerprint density at radius 1 is 1.14 bits per heavy atom. The molecule has 0 aromatic heterocycles. The lowest BCUT2D eigenvalue weighted by Gasteiger charge is -2.34. The quantitative estimate of drug-likeness (QED) is 0.701. The third kappa shape index (κ3) is 5.03. The molecule has 7 heteroatoms. The first-order chi connectivity index (χ1) is 13.8. The summed E-state index contributed by atoms with van der Waals surface area (Å²) in [6.07, 6.45) is 1.02. The monoisotopic (exact) mass is 412 g/mol. The Morgan fingerprint density at radius 3 is 2.41 bits per heavy atom. The number of nitrogens with zero attached hydrogens (tertiary/aromatic N) is 2. The molecule has 0 aliphatic carbocycles. The van der Waals surface area contributed by atoms with E-state index in [-0.39, 0.29) is 17.1 Å². The highest BCUT2D eigenvalue weighted by atomic mass is 32.2. The Hall–Kier alpha value is -2.69. The van der Waals surface area contributed by atoms with Gasteiger partial charge in [0.15, 0.2) is 0 Å². The van der Waals surface area contributed by atoms with Gasteiger partial charge in [0.25, 0.3) is 0 Å². The molecule has 0 unspecified atom stereocenters. The average Bonchev–Trinajstić information content (AvgIpc) is 2.71. The third-order valence-corrected chi connectivity index (χ3v) is 6.84. The molecule has 1 heterocycles. The molecule has 2 aromatic rings. The molecule has 0 spiro atoms. The summed E-state index contributed by atoms with van der Waals surface area (Å²) in [6, 6.07) is 14.7. The number of ether oxygens (including phenoxy) is 1. The van der Waals surface area contributed by atoms with E-state index < -0.39 is 16.0 Å². The van der Waals surface area contributed by atoms with Crippen LogP contribution in [-0.4, -0.2) is 31.8 Å². The Morgan fingerprint density at radius 2 is 1.79 bits per heavy atom. The van der Waals surface area contributed by atoms with E-state index >= 15 is 0 Å². The van der Waals surface area contributed by atoms with Crippen molar-refractivity contribution in [2.75, 3.05) is 13.1 Å². The summed E-state index contributed by atoms with van der Waals surface area (Å²) in [4.78, 5) is 12.5. The van der Waals surface area contributed by atoms with Crippen molar-refractivity contribution >= 4 is 16.0 Å². The summed E-state index contributed by atoms with van der Waals surface area (Å²) < 4.78 is 32.6. The minimum absolute atomic E-state index is 0.0396. The van der Waals surface area contributed by atoms with E-state index in [0.29, 0.717) is 36.1 Å². The van der Waals surface area contributed by atoms with Crippen LogP contribution in [0, 0.1) is 23.2 Å². The van der Waals surface area contributed by atoms with Crippen molar-refractivity contribution in [2.24, 2.45) is 11.8 Å². The number of carbonyl (C=O) groups excluding carboxylic acids is 1. The second-order valence-corrected chi connectivity index (χ2v) is 9.62. The number of benzene rings is 2. The van der Waals surface area contributed by atoms with Crippen LogP contribution in [0.1, 0.15) is 41.8 Å². The zero-order valence-corrected chi connectivity index (χ0v) is 17.4. The van der Waals surface area contributed by atoms with E-state index in [4.69, 9.17) is 10.00 Å². The zero-order valence-electron chi connectivity index (χ0n) is 16.5. The number of sulfonamides is 1. The fourth-order valence-corrected chi connectivity index (χ4v) is 5.36. The van der Waals surface area contributed by atoms with E-state index in [9.17, 15) is 13.2 Å². The highest BCUT2D eigenvalue weighted by molar-refractivity contribution is 7.89. The van der Waals surface area contributed by atoms with E-state index in [1.54, 1.807) is 24.3 Å². The molecule has 0 N–H and O–H groups in total. The first kappa shape index (κ1) is 21.0. The van der Waals surface area contributed by atoms with Gasteiger partial charge in [-0.05, 0) is 60.2 Å². The average molecular weight is 413 g/mol. The zero-order chi connectivity index (χ0) is 21.0. The van der Waals surface area contributed by atoms with Gasteiger partial charge in [-0.1, -0.05) is 26.0 Å². The molecule has 1 aliphatic heterocycles. The molecule has 1 aliphatic rings. The highest BCUT2D eigenvalue weighted by Crippen LogP contribution is 2.26. The second-order valence-electron chi connectivity index (χ2n) is 7.68. The SMILES string of the molecule is C[C@@H]1C[C@@H](C)CN(S(=O)(=O)c2ccc(C(=O)OCc3cccc(C#N)c3)cc2)C1. The minimum Gasteiger partial charge on any atom is -0.457 e. The van der Waals surface area contributed by atoms with Crippen LogP contribution in [-0.2, 0) is 21.4 Å². The minimum atomic E-state index is -3.58. The van der Waals surface area contributed by atoms with Gasteiger partial charge in [-0.2, -0.15) is 9.57 Å². The maximum atomic E-state index is 12.9. The molecule has 152 valence electrons. The molecule has 3 rings (SSSR count). The Kier molecular flexibility index (Phi) is 6.36. The number of carbonyl (C=O) groups is 1. The maximum Gasteiger partial charge on any atom is 0.338 e. The van der Waals surface area contributed by atoms with Crippen LogP contribution >= 0.6 is 0 Å². The van der Waals surface area contributed by atoms with Crippen LogP contribution in [0.5, 0.6) is 0 Å². The molecule has 0 amide bonds. The van der Waals surface area contributed by atoms with Crippen LogP contribution in [0.15, 0.2) is 53.4 Å². The van der Waals surface area contributed by atoms with Crippen LogP contribution in [0.25, 0.3) is 0 Å². The van der Waals surface area contributed by atoms with E-state index in [0.717, 1.165) is 6.42 Å². The van der Waals surface area contributed by atoms with Gasteiger partial charge in [-0.15, -0.1) is 0 Å². The Labute approximate surface area is 171 Å². The largest absolute Gasteiger partial charge is 0.457 e. The van der Waals surface area contributed by atoms with E-state index in [1.165, 1.54) is 28.6 Å². The molecule has 29 heavy (non-hydrogen) atoms. The summed E-state index contributed by atoms with van der Waals surface area (Å²) in [5.41, 5.74) is 1.49. The summed E-state index contributed by atoms with van der Waals surface area (Å²) in [6.45, 7) is 5.18. The summed E-state index contributed by atoms with van der Waals surface area (Å²) >= 11 is 0. The van der Waals surface area contributed by atoms with Crippen molar-refractivity contribution in [1.29, 1.82) is 5.26 Å². The summed E-state index contributed by atoms with van der Waals surface area (Å²) in [7, 11) is -3.58. The van der Waals surface area contributed by atoms with Crippen molar-refractivity contribution in [3.8, 4) is 6.07 Å². The van der Waals surface area contributed by atoms with Gasteiger partial charge in [0.05, 0.1) is 22.1 Å². The lowest BCUT2D eigenvalue weighted by Crippen LogP contribution is -2.42.